The molecule has 0 radical (unpaired) electrons. The minimum atomic E-state index is -0.786. The standard InChI is InChI=1S/C9H16N2O3/c1-5(12)11-4-7-2-6(9(13)14)3-8(7)10/h6-8H,2-4,10H2,1H3,(H,11,12)(H,13,14). The van der Waals surface area contributed by atoms with E-state index in [0.717, 1.165) is 0 Å². The highest BCUT2D eigenvalue weighted by Gasteiger charge is 2.35. The minimum absolute atomic E-state index is 0.0972. The van der Waals surface area contributed by atoms with Gasteiger partial charge in [0.2, 0.25) is 5.91 Å². The van der Waals surface area contributed by atoms with E-state index in [1.54, 1.807) is 0 Å². The molecular weight excluding hydrogens is 184 g/mol. The highest BCUT2D eigenvalue weighted by atomic mass is 16.4. The van der Waals surface area contributed by atoms with Crippen molar-refractivity contribution in [2.24, 2.45) is 17.6 Å². The third-order valence-electron chi connectivity index (χ3n) is 2.71. The van der Waals surface area contributed by atoms with E-state index < -0.39 is 5.97 Å². The fourth-order valence-electron chi connectivity index (χ4n) is 1.87. The Labute approximate surface area is 82.7 Å². The number of carboxylic acids is 1. The van der Waals surface area contributed by atoms with Gasteiger partial charge in [-0.1, -0.05) is 0 Å². The number of carboxylic acid groups (broad SMARTS) is 1. The Morgan fingerprint density at radius 2 is 2.14 bits per heavy atom. The Balaban J connectivity index is 2.40. The Kier molecular flexibility index (Phi) is 3.46. The number of nitrogens with two attached hydrogens (primary N) is 1. The molecule has 80 valence electrons. The zero-order valence-electron chi connectivity index (χ0n) is 8.19. The first kappa shape index (κ1) is 11.0. The Hall–Kier alpha value is -1.10. The van der Waals surface area contributed by atoms with Gasteiger partial charge < -0.3 is 16.2 Å². The molecule has 1 saturated carbocycles. The monoisotopic (exact) mass is 200 g/mol. The van der Waals surface area contributed by atoms with Crippen LogP contribution in [0, 0.1) is 11.8 Å². The average molecular weight is 200 g/mol. The lowest BCUT2D eigenvalue weighted by Gasteiger charge is -2.14. The van der Waals surface area contributed by atoms with Crippen molar-refractivity contribution in [2.75, 3.05) is 6.54 Å². The highest BCUT2D eigenvalue weighted by Crippen LogP contribution is 2.29. The lowest BCUT2D eigenvalue weighted by Crippen LogP contribution is -2.34. The highest BCUT2D eigenvalue weighted by molar-refractivity contribution is 5.73. The smallest absolute Gasteiger partial charge is 0.306 e. The average Bonchev–Trinajstić information content (AvgIpc) is 2.43. The Morgan fingerprint density at radius 3 is 2.57 bits per heavy atom. The van der Waals surface area contributed by atoms with Crippen LogP contribution >= 0.6 is 0 Å². The van der Waals surface area contributed by atoms with Crippen LogP contribution in [0.3, 0.4) is 0 Å². The van der Waals surface area contributed by atoms with E-state index in [4.69, 9.17) is 10.8 Å². The van der Waals surface area contributed by atoms with Crippen molar-refractivity contribution in [1.29, 1.82) is 0 Å². The summed E-state index contributed by atoms with van der Waals surface area (Å²) in [5.74, 6) is -1.13. The van der Waals surface area contributed by atoms with Crippen LogP contribution in [0.25, 0.3) is 0 Å². The summed E-state index contributed by atoms with van der Waals surface area (Å²) in [5.41, 5.74) is 5.78. The molecule has 0 bridgehead atoms. The molecule has 1 aliphatic carbocycles. The summed E-state index contributed by atoms with van der Waals surface area (Å²) in [6.45, 7) is 1.93. The summed E-state index contributed by atoms with van der Waals surface area (Å²) >= 11 is 0. The largest absolute Gasteiger partial charge is 0.481 e. The number of carbonyl (C=O) groups is 2. The number of hydrogen-bond acceptors (Lipinski definition) is 3. The van der Waals surface area contributed by atoms with Crippen LogP contribution in [0.1, 0.15) is 19.8 Å². The van der Waals surface area contributed by atoms with Crippen molar-refractivity contribution in [3.8, 4) is 0 Å². The molecule has 0 saturated heterocycles. The van der Waals surface area contributed by atoms with Crippen LogP contribution in [0.15, 0.2) is 0 Å². The molecular formula is C9H16N2O3. The molecule has 0 aromatic rings. The molecule has 0 aliphatic heterocycles. The van der Waals surface area contributed by atoms with E-state index >= 15 is 0 Å². The number of amides is 1. The van der Waals surface area contributed by atoms with Crippen LogP contribution in [-0.4, -0.2) is 29.6 Å². The summed E-state index contributed by atoms with van der Waals surface area (Å²) in [6.07, 6.45) is 1.08. The van der Waals surface area contributed by atoms with Crippen molar-refractivity contribution in [3.63, 3.8) is 0 Å². The van der Waals surface area contributed by atoms with Crippen LogP contribution in [0.5, 0.6) is 0 Å². The van der Waals surface area contributed by atoms with Gasteiger partial charge in [-0.05, 0) is 18.8 Å². The fraction of sp³-hybridized carbons (Fsp3) is 0.778. The maximum absolute atomic E-state index is 10.7. The fourth-order valence-corrected chi connectivity index (χ4v) is 1.87. The molecule has 3 atom stereocenters. The molecule has 0 heterocycles. The molecule has 1 amide bonds. The van der Waals surface area contributed by atoms with Gasteiger partial charge in [-0.2, -0.15) is 0 Å². The van der Waals surface area contributed by atoms with Gasteiger partial charge in [-0.3, -0.25) is 9.59 Å². The van der Waals surface area contributed by atoms with Crippen molar-refractivity contribution in [2.45, 2.75) is 25.8 Å². The molecule has 5 heteroatoms. The predicted octanol–water partition coefficient (Wildman–Crippen LogP) is -0.439. The first-order valence-corrected chi connectivity index (χ1v) is 4.73. The predicted molar refractivity (Wildman–Crippen MR) is 50.5 cm³/mol. The zero-order valence-corrected chi connectivity index (χ0v) is 8.19. The molecule has 1 aliphatic rings. The van der Waals surface area contributed by atoms with E-state index in [1.165, 1.54) is 6.92 Å². The number of hydrogen-bond donors (Lipinski definition) is 3. The summed E-state index contributed by atoms with van der Waals surface area (Å²) in [5, 5.41) is 11.4. The zero-order chi connectivity index (χ0) is 10.7. The normalized spacial score (nSPS) is 31.4. The maximum Gasteiger partial charge on any atom is 0.306 e. The summed E-state index contributed by atoms with van der Waals surface area (Å²) in [4.78, 5) is 21.3. The molecule has 5 nitrogen and oxygen atoms in total. The van der Waals surface area contributed by atoms with Gasteiger partial charge in [0.15, 0.2) is 0 Å². The van der Waals surface area contributed by atoms with Gasteiger partial charge >= 0.3 is 5.97 Å². The van der Waals surface area contributed by atoms with Crippen molar-refractivity contribution in [3.05, 3.63) is 0 Å². The first-order chi connectivity index (χ1) is 6.50. The lowest BCUT2D eigenvalue weighted by molar-refractivity contribution is -0.141. The second-order valence-electron chi connectivity index (χ2n) is 3.87. The number of carbonyl (C=O) groups excluding carboxylic acids is 1. The summed E-state index contributed by atoms with van der Waals surface area (Å²) < 4.78 is 0. The molecule has 1 fully saturated rings. The van der Waals surface area contributed by atoms with Crippen molar-refractivity contribution in [1.82, 2.24) is 5.32 Å². The first-order valence-electron chi connectivity index (χ1n) is 4.73. The van der Waals surface area contributed by atoms with Gasteiger partial charge in [-0.15, -0.1) is 0 Å². The van der Waals surface area contributed by atoms with Crippen LogP contribution in [0.2, 0.25) is 0 Å². The molecule has 1 rings (SSSR count). The molecule has 14 heavy (non-hydrogen) atoms. The van der Waals surface area contributed by atoms with Gasteiger partial charge in [0.25, 0.3) is 0 Å². The Morgan fingerprint density at radius 1 is 1.50 bits per heavy atom. The van der Waals surface area contributed by atoms with E-state index in [9.17, 15) is 9.59 Å². The SMILES string of the molecule is CC(=O)NCC1CC(C(=O)O)CC1N. The van der Waals surface area contributed by atoms with Gasteiger partial charge in [0, 0.05) is 19.5 Å². The Bertz CT molecular complexity index is 242. The van der Waals surface area contributed by atoms with Gasteiger partial charge in [0.1, 0.15) is 0 Å². The van der Waals surface area contributed by atoms with Crippen LogP contribution in [0.4, 0.5) is 0 Å². The lowest BCUT2D eigenvalue weighted by atomic mass is 10.0. The number of rotatable bonds is 3. The van der Waals surface area contributed by atoms with Crippen molar-refractivity contribution >= 4 is 11.9 Å². The molecule has 0 aromatic heterocycles. The maximum atomic E-state index is 10.7. The van der Waals surface area contributed by atoms with E-state index in [1.807, 2.05) is 0 Å². The van der Waals surface area contributed by atoms with Gasteiger partial charge in [-0.25, -0.2) is 0 Å². The van der Waals surface area contributed by atoms with Gasteiger partial charge in [0.05, 0.1) is 5.92 Å². The van der Waals surface area contributed by atoms with Crippen molar-refractivity contribution < 1.29 is 14.7 Å². The topological polar surface area (TPSA) is 92.4 Å². The van der Waals surface area contributed by atoms with E-state index in [2.05, 4.69) is 5.32 Å². The summed E-state index contributed by atoms with van der Waals surface area (Å²) in [7, 11) is 0. The quantitative estimate of drug-likeness (QED) is 0.576. The number of aliphatic carboxylic acids is 1. The second-order valence-corrected chi connectivity index (χ2v) is 3.87. The molecule has 3 unspecified atom stereocenters. The third-order valence-corrected chi connectivity index (χ3v) is 2.71. The van der Waals surface area contributed by atoms with Crippen LogP contribution in [-0.2, 0) is 9.59 Å². The minimum Gasteiger partial charge on any atom is -0.481 e. The molecule has 0 aromatic carbocycles. The third kappa shape index (κ3) is 2.70. The second kappa shape index (κ2) is 4.41. The number of nitrogens with one attached hydrogen (secondary N) is 1. The van der Waals surface area contributed by atoms with E-state index in [-0.39, 0.29) is 23.8 Å². The summed E-state index contributed by atoms with van der Waals surface area (Å²) in [6, 6.07) is -0.108. The molecule has 0 spiro atoms. The van der Waals surface area contributed by atoms with E-state index in [0.29, 0.717) is 19.4 Å². The van der Waals surface area contributed by atoms with Crippen LogP contribution < -0.4 is 11.1 Å². The molecule has 4 N–H and O–H groups in total.